The summed E-state index contributed by atoms with van der Waals surface area (Å²) in [5, 5.41) is 9.74. The number of fused-ring (bicyclic) bond motifs is 1. The van der Waals surface area contributed by atoms with Crippen LogP contribution >= 0.6 is 0 Å². The van der Waals surface area contributed by atoms with Crippen LogP contribution in [0.25, 0.3) is 16.6 Å². The van der Waals surface area contributed by atoms with E-state index < -0.39 is 17.7 Å². The quantitative estimate of drug-likeness (QED) is 0.693. The van der Waals surface area contributed by atoms with Crippen molar-refractivity contribution in [3.05, 3.63) is 59.2 Å². The Morgan fingerprint density at radius 3 is 2.38 bits per heavy atom. The Hall–Kier alpha value is -3.29. The van der Waals surface area contributed by atoms with Crippen molar-refractivity contribution in [2.24, 2.45) is 4.99 Å². The third-order valence-corrected chi connectivity index (χ3v) is 4.00. The van der Waals surface area contributed by atoms with Gasteiger partial charge in [0.05, 0.1) is 16.6 Å². The molecule has 0 fully saturated rings. The highest BCUT2D eigenvalue weighted by Crippen LogP contribution is 2.34. The molecule has 3 aromatic rings. The minimum atomic E-state index is -4.43. The number of hydrogen-bond donors (Lipinski definition) is 2. The fraction of sp³-hybridized carbons (Fsp3) is 0.111. The predicted octanol–water partition coefficient (Wildman–Crippen LogP) is 3.98. The first kappa shape index (κ1) is 17.5. The number of nitrogens with two attached hydrogens (primary N) is 1. The molecule has 0 radical (unpaired) electrons. The Kier molecular flexibility index (Phi) is 4.19. The predicted molar refractivity (Wildman–Crippen MR) is 93.2 cm³/mol. The number of aliphatic imine (C=N–C) groups is 1. The van der Waals surface area contributed by atoms with Crippen molar-refractivity contribution in [2.75, 3.05) is 12.8 Å². The Bertz CT molecular complexity index is 1020. The summed E-state index contributed by atoms with van der Waals surface area (Å²) >= 11 is 0. The van der Waals surface area contributed by atoms with Gasteiger partial charge in [0.2, 0.25) is 0 Å². The van der Waals surface area contributed by atoms with Crippen LogP contribution in [0.2, 0.25) is 0 Å². The van der Waals surface area contributed by atoms with Crippen molar-refractivity contribution in [2.45, 2.75) is 6.18 Å². The third kappa shape index (κ3) is 2.90. The first-order valence-electron chi connectivity index (χ1n) is 7.51. The minimum absolute atomic E-state index is 0.0767. The average Bonchev–Trinajstić information content (AvgIpc) is 2.86. The molecule has 0 saturated carbocycles. The molecule has 1 aromatic heterocycles. The van der Waals surface area contributed by atoms with E-state index in [9.17, 15) is 23.1 Å². The number of carboxylic acid groups (broad SMARTS) is 1. The number of halogens is 3. The van der Waals surface area contributed by atoms with Gasteiger partial charge in [-0.2, -0.15) is 13.2 Å². The lowest BCUT2D eigenvalue weighted by Gasteiger charge is -2.11. The Morgan fingerprint density at radius 2 is 1.85 bits per heavy atom. The maximum atomic E-state index is 12.8. The number of aromatic nitrogens is 1. The molecule has 0 aliphatic heterocycles. The molecule has 1 heterocycles. The molecule has 5 nitrogen and oxygen atoms in total. The maximum Gasteiger partial charge on any atom is 0.416 e. The molecule has 8 heteroatoms. The number of carboxylic acids is 1. The van der Waals surface area contributed by atoms with Crippen molar-refractivity contribution >= 4 is 28.9 Å². The van der Waals surface area contributed by atoms with Gasteiger partial charge >= 0.3 is 12.1 Å². The fourth-order valence-corrected chi connectivity index (χ4v) is 2.81. The topological polar surface area (TPSA) is 80.6 Å². The summed E-state index contributed by atoms with van der Waals surface area (Å²) in [6.45, 7) is 0. The van der Waals surface area contributed by atoms with Crippen LogP contribution in [-0.2, 0) is 6.18 Å². The zero-order valence-corrected chi connectivity index (χ0v) is 13.6. The monoisotopic (exact) mass is 361 g/mol. The number of carbonyl (C=O) groups is 1. The standard InChI is InChI=1S/C18H14F3N3O2/c1-23-9-14-13-8-10(17(25)26)2-7-15(13)24(16(14)22)12-5-3-11(4-6-12)18(19,20)21/h2-9H,22H2,1H3,(H,25,26). The summed E-state index contributed by atoms with van der Waals surface area (Å²) in [5.74, 6) is -0.833. The molecule has 3 N–H and O–H groups in total. The maximum absolute atomic E-state index is 12.8. The molecule has 0 aliphatic carbocycles. The summed E-state index contributed by atoms with van der Waals surface area (Å²) in [6, 6.07) is 9.02. The van der Waals surface area contributed by atoms with Crippen LogP contribution < -0.4 is 5.73 Å². The van der Waals surface area contributed by atoms with Gasteiger partial charge in [-0.1, -0.05) is 0 Å². The van der Waals surface area contributed by atoms with Gasteiger partial charge in [-0.15, -0.1) is 0 Å². The molecule has 0 aliphatic rings. The Balaban J connectivity index is 2.26. The number of nitrogens with zero attached hydrogens (tertiary/aromatic N) is 2. The molecular weight excluding hydrogens is 347 g/mol. The second-order valence-corrected chi connectivity index (χ2v) is 5.60. The van der Waals surface area contributed by atoms with Crippen LogP contribution in [0, 0.1) is 0 Å². The number of nitrogen functional groups attached to an aromatic ring is 1. The zero-order chi connectivity index (χ0) is 19.1. The molecule has 0 amide bonds. The highest BCUT2D eigenvalue weighted by Gasteiger charge is 2.30. The van der Waals surface area contributed by atoms with Gasteiger partial charge in [-0.25, -0.2) is 4.79 Å². The third-order valence-electron chi connectivity index (χ3n) is 4.00. The highest BCUT2D eigenvalue weighted by atomic mass is 19.4. The van der Waals surface area contributed by atoms with Gasteiger partial charge < -0.3 is 10.8 Å². The van der Waals surface area contributed by atoms with Crippen LogP contribution in [0.4, 0.5) is 19.0 Å². The van der Waals surface area contributed by atoms with E-state index >= 15 is 0 Å². The van der Waals surface area contributed by atoms with Crippen molar-refractivity contribution in [1.29, 1.82) is 0 Å². The van der Waals surface area contributed by atoms with E-state index in [1.165, 1.54) is 30.5 Å². The fourth-order valence-electron chi connectivity index (χ4n) is 2.81. The highest BCUT2D eigenvalue weighted by molar-refractivity contribution is 6.07. The molecule has 0 unspecified atom stereocenters. The number of rotatable bonds is 3. The van der Waals surface area contributed by atoms with Gasteiger partial charge in [0, 0.05) is 29.9 Å². The second-order valence-electron chi connectivity index (χ2n) is 5.60. The van der Waals surface area contributed by atoms with Crippen molar-refractivity contribution < 1.29 is 23.1 Å². The summed E-state index contributed by atoms with van der Waals surface area (Å²) in [5.41, 5.74) is 7.01. The molecule has 0 spiro atoms. The van der Waals surface area contributed by atoms with E-state index in [0.29, 0.717) is 22.2 Å². The Labute approximate surface area is 146 Å². The van der Waals surface area contributed by atoms with E-state index in [1.54, 1.807) is 17.7 Å². The van der Waals surface area contributed by atoms with Crippen LogP contribution in [0.1, 0.15) is 21.5 Å². The van der Waals surface area contributed by atoms with E-state index in [2.05, 4.69) is 4.99 Å². The summed E-state index contributed by atoms with van der Waals surface area (Å²) in [6.07, 6.45) is -2.94. The Morgan fingerprint density at radius 1 is 1.19 bits per heavy atom. The first-order chi connectivity index (χ1) is 12.2. The summed E-state index contributed by atoms with van der Waals surface area (Å²) in [7, 11) is 1.54. The van der Waals surface area contributed by atoms with E-state index in [4.69, 9.17) is 5.73 Å². The van der Waals surface area contributed by atoms with Gasteiger partial charge in [-0.05, 0) is 42.5 Å². The van der Waals surface area contributed by atoms with Gasteiger partial charge in [0.1, 0.15) is 5.82 Å². The van der Waals surface area contributed by atoms with Crippen LogP contribution in [0.5, 0.6) is 0 Å². The van der Waals surface area contributed by atoms with Crippen molar-refractivity contribution in [3.63, 3.8) is 0 Å². The van der Waals surface area contributed by atoms with Crippen LogP contribution in [0.3, 0.4) is 0 Å². The van der Waals surface area contributed by atoms with Crippen LogP contribution in [0.15, 0.2) is 47.5 Å². The van der Waals surface area contributed by atoms with E-state index in [1.807, 2.05) is 0 Å². The minimum Gasteiger partial charge on any atom is -0.478 e. The summed E-state index contributed by atoms with van der Waals surface area (Å²) in [4.78, 5) is 15.2. The van der Waals surface area contributed by atoms with Crippen LogP contribution in [-0.4, -0.2) is 28.9 Å². The van der Waals surface area contributed by atoms with Gasteiger partial charge in [-0.3, -0.25) is 9.56 Å². The molecule has 0 atom stereocenters. The zero-order valence-electron chi connectivity index (χ0n) is 13.6. The number of alkyl halides is 3. The molecule has 26 heavy (non-hydrogen) atoms. The molecule has 134 valence electrons. The largest absolute Gasteiger partial charge is 0.478 e. The lowest BCUT2D eigenvalue weighted by atomic mass is 10.1. The average molecular weight is 361 g/mol. The number of aromatic carboxylic acids is 1. The number of benzene rings is 2. The van der Waals surface area contributed by atoms with E-state index in [-0.39, 0.29) is 11.4 Å². The SMILES string of the molecule is CN=Cc1c(N)n(-c2ccc(C(F)(F)F)cc2)c2ccc(C(=O)O)cc12. The van der Waals surface area contributed by atoms with Crippen molar-refractivity contribution in [1.82, 2.24) is 4.57 Å². The number of hydrogen-bond acceptors (Lipinski definition) is 3. The molecule has 2 aromatic carbocycles. The summed E-state index contributed by atoms with van der Waals surface area (Å²) < 4.78 is 39.9. The lowest BCUT2D eigenvalue weighted by Crippen LogP contribution is -2.06. The molecule has 3 rings (SSSR count). The molecular formula is C18H14F3N3O2. The van der Waals surface area contributed by atoms with E-state index in [0.717, 1.165) is 12.1 Å². The number of anilines is 1. The van der Waals surface area contributed by atoms with Gasteiger partial charge in [0.15, 0.2) is 0 Å². The van der Waals surface area contributed by atoms with Gasteiger partial charge in [0.25, 0.3) is 0 Å². The first-order valence-corrected chi connectivity index (χ1v) is 7.51. The lowest BCUT2D eigenvalue weighted by molar-refractivity contribution is -0.137. The second kappa shape index (κ2) is 6.21. The van der Waals surface area contributed by atoms with Crippen molar-refractivity contribution in [3.8, 4) is 5.69 Å². The normalized spacial score (nSPS) is 12.2. The molecule has 0 saturated heterocycles. The smallest absolute Gasteiger partial charge is 0.416 e. The molecule has 0 bridgehead atoms.